The molecule has 8 heteroatoms. The van der Waals surface area contributed by atoms with Crippen molar-refractivity contribution in [1.29, 1.82) is 0 Å². The minimum atomic E-state index is -4.49. The largest absolute Gasteiger partial charge is 0.419 e. The summed E-state index contributed by atoms with van der Waals surface area (Å²) in [6.45, 7) is 1.33. The number of aliphatic hydroxyl groups excluding tert-OH is 1. The number of aromatic nitrogens is 1. The molecule has 1 aromatic heterocycles. The topological polar surface area (TPSA) is 39.6 Å². The highest BCUT2D eigenvalue weighted by Gasteiger charge is 2.37. The number of piperazine rings is 1. The van der Waals surface area contributed by atoms with Crippen molar-refractivity contribution in [2.45, 2.75) is 25.2 Å². The maximum absolute atomic E-state index is 14.0. The second-order valence-electron chi connectivity index (χ2n) is 6.55. The van der Waals surface area contributed by atoms with Crippen molar-refractivity contribution in [2.75, 3.05) is 31.1 Å². The predicted octanol–water partition coefficient (Wildman–Crippen LogP) is 3.31. The van der Waals surface area contributed by atoms with Gasteiger partial charge in [0.25, 0.3) is 0 Å². The van der Waals surface area contributed by atoms with Crippen LogP contribution in [-0.4, -0.2) is 47.3 Å². The van der Waals surface area contributed by atoms with Gasteiger partial charge in [-0.25, -0.2) is 9.37 Å². The van der Waals surface area contributed by atoms with E-state index in [1.54, 1.807) is 23.1 Å². The highest BCUT2D eigenvalue weighted by molar-refractivity contribution is 5.49. The van der Waals surface area contributed by atoms with E-state index < -0.39 is 11.7 Å². The summed E-state index contributed by atoms with van der Waals surface area (Å²) in [6.07, 6.45) is -2.75. The lowest BCUT2D eigenvalue weighted by Gasteiger charge is -2.42. The molecule has 0 unspecified atom stereocenters. The molecule has 0 amide bonds. The third-order valence-corrected chi connectivity index (χ3v) is 4.79. The number of nitrogens with zero attached hydrogens (tertiary/aromatic N) is 3. The molecule has 27 heavy (non-hydrogen) atoms. The summed E-state index contributed by atoms with van der Waals surface area (Å²) in [5.41, 5.74) is -0.238. The van der Waals surface area contributed by atoms with Crippen LogP contribution in [0.15, 0.2) is 42.6 Å². The van der Waals surface area contributed by atoms with E-state index in [0.29, 0.717) is 31.6 Å². The number of aliphatic hydroxyl groups is 1. The summed E-state index contributed by atoms with van der Waals surface area (Å²) in [6, 6.07) is 8.53. The van der Waals surface area contributed by atoms with Gasteiger partial charge >= 0.3 is 6.18 Å². The molecule has 1 atom stereocenters. The van der Waals surface area contributed by atoms with Crippen LogP contribution < -0.4 is 4.90 Å². The molecule has 2 heterocycles. The van der Waals surface area contributed by atoms with Gasteiger partial charge in [0.1, 0.15) is 11.6 Å². The Hall–Kier alpha value is -2.19. The van der Waals surface area contributed by atoms with E-state index in [4.69, 9.17) is 0 Å². The number of benzene rings is 1. The Balaban J connectivity index is 1.80. The Morgan fingerprint density at radius 1 is 1.11 bits per heavy atom. The van der Waals surface area contributed by atoms with Crippen LogP contribution in [0.25, 0.3) is 0 Å². The van der Waals surface area contributed by atoms with E-state index >= 15 is 0 Å². The lowest BCUT2D eigenvalue weighted by molar-refractivity contribution is -0.137. The monoisotopic (exact) mass is 383 g/mol. The molecule has 0 radical (unpaired) electrons. The summed E-state index contributed by atoms with van der Waals surface area (Å²) in [5, 5.41) is 9.38. The van der Waals surface area contributed by atoms with Gasteiger partial charge in [0.05, 0.1) is 5.56 Å². The minimum Gasteiger partial charge on any atom is -0.396 e. The van der Waals surface area contributed by atoms with Gasteiger partial charge in [-0.1, -0.05) is 18.2 Å². The second-order valence-corrected chi connectivity index (χ2v) is 6.55. The lowest BCUT2D eigenvalue weighted by atomic mass is 10.1. The van der Waals surface area contributed by atoms with Gasteiger partial charge < -0.3 is 10.0 Å². The zero-order valence-electron chi connectivity index (χ0n) is 14.7. The summed E-state index contributed by atoms with van der Waals surface area (Å²) in [7, 11) is 0. The summed E-state index contributed by atoms with van der Waals surface area (Å²) in [5.74, 6) is -0.412. The molecule has 0 bridgehead atoms. The first-order valence-corrected chi connectivity index (χ1v) is 8.75. The van der Waals surface area contributed by atoms with E-state index in [1.807, 2.05) is 4.90 Å². The van der Waals surface area contributed by atoms with Crippen LogP contribution in [0.4, 0.5) is 23.4 Å². The Morgan fingerprint density at radius 3 is 2.59 bits per heavy atom. The van der Waals surface area contributed by atoms with Gasteiger partial charge in [-0.15, -0.1) is 0 Å². The molecule has 0 aliphatic carbocycles. The number of anilines is 1. The molecule has 3 rings (SSSR count). The van der Waals surface area contributed by atoms with E-state index in [1.165, 1.54) is 18.3 Å². The molecule has 1 aliphatic rings. The standard InChI is InChI=1S/C19H21F4N3O/c20-17-6-2-1-4-14(17)12-25-9-10-26(13-15(25)7-11-27)18-16(19(21,22)23)5-3-8-24-18/h1-6,8,15,27H,7,9-13H2/t15-/m0/s1. The van der Waals surface area contributed by atoms with Crippen molar-refractivity contribution in [3.8, 4) is 0 Å². The number of rotatable bonds is 5. The Morgan fingerprint density at radius 2 is 1.89 bits per heavy atom. The molecule has 1 saturated heterocycles. The number of alkyl halides is 3. The summed E-state index contributed by atoms with van der Waals surface area (Å²) < 4.78 is 53.9. The number of hydrogen-bond acceptors (Lipinski definition) is 4. The van der Waals surface area contributed by atoms with Crippen molar-refractivity contribution in [3.63, 3.8) is 0 Å². The van der Waals surface area contributed by atoms with Crippen LogP contribution in [0.2, 0.25) is 0 Å². The SMILES string of the molecule is OCC[C@H]1CN(c2ncccc2C(F)(F)F)CCN1Cc1ccccc1F. The molecular formula is C19H21F4N3O. The Kier molecular flexibility index (Phi) is 5.96. The van der Waals surface area contributed by atoms with Gasteiger partial charge in [0.15, 0.2) is 0 Å². The fourth-order valence-electron chi connectivity index (χ4n) is 3.43. The predicted molar refractivity (Wildman–Crippen MR) is 93.8 cm³/mol. The maximum atomic E-state index is 14.0. The van der Waals surface area contributed by atoms with E-state index in [0.717, 1.165) is 6.07 Å². The fourth-order valence-corrected chi connectivity index (χ4v) is 3.43. The first kappa shape index (κ1) is 19.6. The lowest BCUT2D eigenvalue weighted by Crippen LogP contribution is -2.53. The van der Waals surface area contributed by atoms with E-state index in [-0.39, 0.29) is 30.8 Å². The summed E-state index contributed by atoms with van der Waals surface area (Å²) in [4.78, 5) is 7.55. The number of pyridine rings is 1. The average Bonchev–Trinajstić information content (AvgIpc) is 2.64. The third kappa shape index (κ3) is 4.56. The van der Waals surface area contributed by atoms with Gasteiger partial charge in [0.2, 0.25) is 0 Å². The van der Waals surface area contributed by atoms with E-state index in [2.05, 4.69) is 4.98 Å². The molecule has 1 N–H and O–H groups in total. The van der Waals surface area contributed by atoms with Gasteiger partial charge in [-0.05, 0) is 24.6 Å². The van der Waals surface area contributed by atoms with Crippen molar-refractivity contribution < 1.29 is 22.7 Å². The molecule has 1 aromatic carbocycles. The van der Waals surface area contributed by atoms with Crippen LogP contribution in [0.3, 0.4) is 0 Å². The zero-order valence-corrected chi connectivity index (χ0v) is 14.7. The molecule has 4 nitrogen and oxygen atoms in total. The van der Waals surface area contributed by atoms with Crippen LogP contribution in [0.1, 0.15) is 17.5 Å². The van der Waals surface area contributed by atoms with Crippen molar-refractivity contribution in [3.05, 3.63) is 59.5 Å². The normalized spacial score (nSPS) is 18.7. The molecular weight excluding hydrogens is 362 g/mol. The number of halogens is 4. The van der Waals surface area contributed by atoms with Crippen molar-refractivity contribution in [1.82, 2.24) is 9.88 Å². The van der Waals surface area contributed by atoms with Crippen molar-refractivity contribution >= 4 is 5.82 Å². The molecule has 1 aliphatic heterocycles. The highest BCUT2D eigenvalue weighted by Crippen LogP contribution is 2.36. The molecule has 2 aromatic rings. The van der Waals surface area contributed by atoms with Gasteiger partial charge in [0, 0.05) is 50.6 Å². The van der Waals surface area contributed by atoms with Crippen molar-refractivity contribution in [2.24, 2.45) is 0 Å². The van der Waals surface area contributed by atoms with Gasteiger partial charge in [-0.3, -0.25) is 4.90 Å². The fraction of sp³-hybridized carbons (Fsp3) is 0.421. The first-order valence-electron chi connectivity index (χ1n) is 8.75. The Labute approximate surface area is 155 Å². The van der Waals surface area contributed by atoms with Crippen LogP contribution >= 0.6 is 0 Å². The maximum Gasteiger partial charge on any atom is 0.419 e. The quantitative estimate of drug-likeness (QED) is 0.805. The number of hydrogen-bond donors (Lipinski definition) is 1. The Bertz CT molecular complexity index is 769. The van der Waals surface area contributed by atoms with Crippen LogP contribution in [-0.2, 0) is 12.7 Å². The molecule has 0 spiro atoms. The van der Waals surface area contributed by atoms with Crippen LogP contribution in [0, 0.1) is 5.82 Å². The average molecular weight is 383 g/mol. The summed E-state index contributed by atoms with van der Waals surface area (Å²) >= 11 is 0. The smallest absolute Gasteiger partial charge is 0.396 e. The van der Waals surface area contributed by atoms with Crippen LogP contribution in [0.5, 0.6) is 0 Å². The third-order valence-electron chi connectivity index (χ3n) is 4.79. The molecule has 1 fully saturated rings. The first-order chi connectivity index (χ1) is 12.9. The second kappa shape index (κ2) is 8.22. The highest BCUT2D eigenvalue weighted by atomic mass is 19.4. The molecule has 146 valence electrons. The van der Waals surface area contributed by atoms with E-state index in [9.17, 15) is 22.7 Å². The molecule has 0 saturated carbocycles. The minimum absolute atomic E-state index is 0.0966. The zero-order chi connectivity index (χ0) is 19.4. The van der Waals surface area contributed by atoms with Gasteiger partial charge in [-0.2, -0.15) is 13.2 Å².